The summed E-state index contributed by atoms with van der Waals surface area (Å²) in [6.07, 6.45) is 1.56. The van der Waals surface area contributed by atoms with Gasteiger partial charge in [0.2, 0.25) is 5.91 Å². The molecular weight excluding hydrogens is 700 g/mol. The molecule has 0 bridgehead atoms. The monoisotopic (exact) mass is 728 g/mol. The molecule has 0 aliphatic rings. The first-order valence-electron chi connectivity index (χ1n) is 14.2. The second-order valence-corrected chi connectivity index (χ2v) is 12.7. The second kappa shape index (κ2) is 16.1. The van der Waals surface area contributed by atoms with E-state index in [9.17, 15) is 14.4 Å². The zero-order chi connectivity index (χ0) is 33.2. The molecule has 3 amide bonds. The maximum atomic E-state index is 13.5. The first kappa shape index (κ1) is 33.5. The molecule has 0 radical (unpaired) electrons. The Morgan fingerprint density at radius 2 is 1.64 bits per heavy atom. The summed E-state index contributed by atoms with van der Waals surface area (Å²) in [5.41, 5.74) is 3.27. The molecule has 0 saturated heterocycles. The molecule has 1 aromatic heterocycles. The van der Waals surface area contributed by atoms with Crippen LogP contribution in [0.2, 0.25) is 0 Å². The summed E-state index contributed by atoms with van der Waals surface area (Å²) in [6, 6.07) is 28.7. The number of ether oxygens (including phenoxy) is 2. The normalized spacial score (nSPS) is 11.0. The molecule has 0 spiro atoms. The summed E-state index contributed by atoms with van der Waals surface area (Å²) < 4.78 is 11.7. The van der Waals surface area contributed by atoms with Crippen LogP contribution in [0.4, 0.5) is 10.8 Å². The molecule has 0 unspecified atom stereocenters. The fraction of sp³-hybridized carbons (Fsp3) is 0.0857. The zero-order valence-corrected chi connectivity index (χ0v) is 28.5. The number of thioether (sulfide) groups is 1. The van der Waals surface area contributed by atoms with Crippen molar-refractivity contribution in [3.8, 4) is 22.8 Å². The molecule has 9 nitrogen and oxygen atoms in total. The number of hydrogen-bond acceptors (Lipinski definition) is 8. The highest BCUT2D eigenvalue weighted by atomic mass is 79.9. The summed E-state index contributed by atoms with van der Waals surface area (Å²) in [5.74, 6) is -0.0262. The molecule has 4 aromatic carbocycles. The molecule has 0 saturated carbocycles. The summed E-state index contributed by atoms with van der Waals surface area (Å²) in [7, 11) is 3.05. The van der Waals surface area contributed by atoms with Crippen LogP contribution in [0.5, 0.6) is 11.5 Å². The van der Waals surface area contributed by atoms with E-state index in [1.54, 1.807) is 72.8 Å². The molecule has 0 aliphatic heterocycles. The van der Waals surface area contributed by atoms with Gasteiger partial charge in [0.15, 0.2) is 16.6 Å². The third-order valence-electron chi connectivity index (χ3n) is 6.60. The number of nitrogens with one attached hydrogen (secondary N) is 3. The minimum atomic E-state index is -0.533. The number of carbonyl (C=O) groups is 3. The fourth-order valence-corrected chi connectivity index (χ4v) is 6.06. The van der Waals surface area contributed by atoms with Crippen LogP contribution in [-0.4, -0.2) is 42.7 Å². The van der Waals surface area contributed by atoms with E-state index in [1.165, 1.54) is 37.3 Å². The van der Waals surface area contributed by atoms with Crippen LogP contribution in [0.1, 0.15) is 15.9 Å². The van der Waals surface area contributed by atoms with Crippen molar-refractivity contribution in [2.24, 2.45) is 0 Å². The van der Waals surface area contributed by atoms with E-state index in [4.69, 9.17) is 9.47 Å². The molecule has 3 N–H and O–H groups in total. The number of amides is 3. The van der Waals surface area contributed by atoms with Crippen LogP contribution in [0.3, 0.4) is 0 Å². The molecule has 0 atom stereocenters. The van der Waals surface area contributed by atoms with Crippen molar-refractivity contribution in [2.45, 2.75) is 4.90 Å². The molecule has 5 aromatic rings. The third-order valence-corrected chi connectivity index (χ3v) is 8.88. The molecule has 47 heavy (non-hydrogen) atoms. The zero-order valence-electron chi connectivity index (χ0n) is 25.3. The molecular formula is C35H29BrN4O5S2. The summed E-state index contributed by atoms with van der Waals surface area (Å²) in [4.78, 5) is 44.6. The highest BCUT2D eigenvalue weighted by molar-refractivity contribution is 9.10. The van der Waals surface area contributed by atoms with Gasteiger partial charge in [0, 0.05) is 31.6 Å². The number of methoxy groups -OCH3 is 2. The predicted octanol–water partition coefficient (Wildman–Crippen LogP) is 7.73. The number of nitrogens with zero attached hydrogens (tertiary/aromatic N) is 1. The van der Waals surface area contributed by atoms with Gasteiger partial charge in [0.1, 0.15) is 5.70 Å². The number of aromatic nitrogens is 1. The maximum absolute atomic E-state index is 13.5. The van der Waals surface area contributed by atoms with E-state index >= 15 is 0 Å². The standard InChI is InChI=1S/C35H29BrN4O5S2/c1-44-30-16-11-22(18-31(30)45-2)17-28(38-33(42)24-7-4-3-5-8-24)34(43)37-26-9-6-10-27(19-26)46-21-32(41)40-35-39-29(20-47-35)23-12-14-25(36)15-13-23/h3-20H,21H2,1-2H3,(H,37,43)(H,38,42)(H,39,40,41)/b28-17+. The van der Waals surface area contributed by atoms with E-state index in [2.05, 4.69) is 36.9 Å². The minimum absolute atomic E-state index is 0.0226. The van der Waals surface area contributed by atoms with Crippen LogP contribution < -0.4 is 25.4 Å². The van der Waals surface area contributed by atoms with E-state index in [0.717, 1.165) is 20.6 Å². The largest absolute Gasteiger partial charge is 0.493 e. The average molecular weight is 730 g/mol. The van der Waals surface area contributed by atoms with E-state index in [0.29, 0.717) is 33.4 Å². The third kappa shape index (κ3) is 9.32. The van der Waals surface area contributed by atoms with Crippen LogP contribution in [0, 0.1) is 0 Å². The Hall–Kier alpha value is -4.91. The Balaban J connectivity index is 1.25. The van der Waals surface area contributed by atoms with Crippen molar-refractivity contribution in [2.75, 3.05) is 30.6 Å². The Bertz CT molecular complexity index is 1910. The highest BCUT2D eigenvalue weighted by Gasteiger charge is 2.16. The molecule has 5 rings (SSSR count). The van der Waals surface area contributed by atoms with E-state index in [1.807, 2.05) is 35.7 Å². The molecule has 0 aliphatic carbocycles. The van der Waals surface area contributed by atoms with Gasteiger partial charge in [-0.1, -0.05) is 58.4 Å². The smallest absolute Gasteiger partial charge is 0.272 e. The molecule has 12 heteroatoms. The van der Waals surface area contributed by atoms with Gasteiger partial charge in [0.25, 0.3) is 11.8 Å². The first-order chi connectivity index (χ1) is 22.8. The fourth-order valence-electron chi connectivity index (χ4n) is 4.30. The quantitative estimate of drug-likeness (QED) is 0.0889. The van der Waals surface area contributed by atoms with Gasteiger partial charge in [-0.2, -0.15) is 0 Å². The lowest BCUT2D eigenvalue weighted by atomic mass is 10.1. The van der Waals surface area contributed by atoms with Crippen molar-refractivity contribution >= 4 is 73.6 Å². The van der Waals surface area contributed by atoms with Crippen LogP contribution >= 0.6 is 39.0 Å². The number of thiazole rings is 1. The Kier molecular flexibility index (Phi) is 11.4. The predicted molar refractivity (Wildman–Crippen MR) is 191 cm³/mol. The summed E-state index contributed by atoms with van der Waals surface area (Å²) in [5, 5.41) is 10.9. The van der Waals surface area contributed by atoms with Crippen LogP contribution in [-0.2, 0) is 9.59 Å². The van der Waals surface area contributed by atoms with Gasteiger partial charge in [-0.05, 0) is 66.2 Å². The molecule has 0 fully saturated rings. The topological polar surface area (TPSA) is 119 Å². The van der Waals surface area contributed by atoms with Gasteiger partial charge in [-0.15, -0.1) is 23.1 Å². The van der Waals surface area contributed by atoms with E-state index < -0.39 is 11.8 Å². The number of anilines is 2. The lowest BCUT2D eigenvalue weighted by Crippen LogP contribution is -2.30. The Morgan fingerprint density at radius 3 is 2.38 bits per heavy atom. The van der Waals surface area contributed by atoms with Crippen molar-refractivity contribution in [1.29, 1.82) is 0 Å². The minimum Gasteiger partial charge on any atom is -0.493 e. The molecule has 238 valence electrons. The number of hydrogen-bond donors (Lipinski definition) is 3. The first-order valence-corrected chi connectivity index (χ1v) is 16.8. The van der Waals surface area contributed by atoms with Crippen molar-refractivity contribution in [1.82, 2.24) is 10.3 Å². The number of benzene rings is 4. The van der Waals surface area contributed by atoms with Crippen molar-refractivity contribution in [3.05, 3.63) is 124 Å². The number of carbonyl (C=O) groups excluding carboxylic acids is 3. The lowest BCUT2D eigenvalue weighted by Gasteiger charge is -2.13. The van der Waals surface area contributed by atoms with Gasteiger partial charge >= 0.3 is 0 Å². The average Bonchev–Trinajstić information content (AvgIpc) is 3.56. The lowest BCUT2D eigenvalue weighted by molar-refractivity contribution is -0.114. The van der Waals surface area contributed by atoms with Crippen molar-refractivity contribution in [3.63, 3.8) is 0 Å². The SMILES string of the molecule is COc1ccc(/C=C(/NC(=O)c2ccccc2)C(=O)Nc2cccc(SCC(=O)Nc3nc(-c4ccc(Br)cc4)cs3)c2)cc1OC. The van der Waals surface area contributed by atoms with Gasteiger partial charge in [-0.25, -0.2) is 4.98 Å². The second-order valence-electron chi connectivity index (χ2n) is 9.86. The number of halogens is 1. The molecule has 1 heterocycles. The summed E-state index contributed by atoms with van der Waals surface area (Å²) in [6.45, 7) is 0. The highest BCUT2D eigenvalue weighted by Crippen LogP contribution is 2.29. The van der Waals surface area contributed by atoms with Gasteiger partial charge < -0.3 is 25.4 Å². The number of rotatable bonds is 12. The van der Waals surface area contributed by atoms with Gasteiger partial charge in [0.05, 0.1) is 25.7 Å². The van der Waals surface area contributed by atoms with Crippen LogP contribution in [0.25, 0.3) is 17.3 Å². The Morgan fingerprint density at radius 1 is 0.872 bits per heavy atom. The Labute approximate surface area is 288 Å². The van der Waals surface area contributed by atoms with Gasteiger partial charge in [-0.3, -0.25) is 14.4 Å². The van der Waals surface area contributed by atoms with Crippen molar-refractivity contribution < 1.29 is 23.9 Å². The van der Waals surface area contributed by atoms with E-state index in [-0.39, 0.29) is 17.4 Å². The summed E-state index contributed by atoms with van der Waals surface area (Å²) >= 11 is 6.10. The maximum Gasteiger partial charge on any atom is 0.272 e. The van der Waals surface area contributed by atoms with Crippen LogP contribution in [0.15, 0.2) is 118 Å².